The topological polar surface area (TPSA) is 56.0 Å². The van der Waals surface area contributed by atoms with Crippen LogP contribution in [0.3, 0.4) is 0 Å². The van der Waals surface area contributed by atoms with Crippen molar-refractivity contribution >= 4 is 5.69 Å². The van der Waals surface area contributed by atoms with Crippen LogP contribution in [0.1, 0.15) is 17.2 Å². The lowest BCUT2D eigenvalue weighted by Gasteiger charge is -2.13. The molecule has 1 unspecified atom stereocenters. The van der Waals surface area contributed by atoms with Crippen molar-refractivity contribution in [2.75, 3.05) is 11.9 Å². The summed E-state index contributed by atoms with van der Waals surface area (Å²) in [6.07, 6.45) is -0.558. The van der Waals surface area contributed by atoms with Gasteiger partial charge < -0.3 is 10.4 Å². The van der Waals surface area contributed by atoms with E-state index in [1.165, 1.54) is 0 Å². The van der Waals surface area contributed by atoms with Gasteiger partial charge >= 0.3 is 0 Å². The van der Waals surface area contributed by atoms with E-state index in [9.17, 15) is 5.11 Å². The van der Waals surface area contributed by atoms with Crippen LogP contribution in [0.25, 0.3) is 0 Å². The molecular weight excluding hydrogens is 224 g/mol. The van der Waals surface area contributed by atoms with Gasteiger partial charge in [0.05, 0.1) is 17.7 Å². The molecule has 2 rings (SSSR count). The van der Waals surface area contributed by atoms with Gasteiger partial charge in [-0.3, -0.25) is 0 Å². The van der Waals surface area contributed by atoms with Crippen molar-refractivity contribution in [3.8, 4) is 6.07 Å². The minimum absolute atomic E-state index is 0.416. The maximum absolute atomic E-state index is 9.98. The van der Waals surface area contributed by atoms with Crippen molar-refractivity contribution in [1.29, 1.82) is 5.26 Å². The van der Waals surface area contributed by atoms with Crippen molar-refractivity contribution in [1.82, 2.24) is 0 Å². The van der Waals surface area contributed by atoms with Gasteiger partial charge in [0.1, 0.15) is 0 Å². The normalized spacial score (nSPS) is 11.6. The fourth-order valence-corrected chi connectivity index (χ4v) is 1.71. The lowest BCUT2D eigenvalue weighted by Crippen LogP contribution is -2.11. The number of nitriles is 1. The molecule has 3 heteroatoms. The zero-order valence-electron chi connectivity index (χ0n) is 9.88. The number of anilines is 1. The Hall–Kier alpha value is -2.31. The van der Waals surface area contributed by atoms with E-state index in [0.717, 1.165) is 11.3 Å². The van der Waals surface area contributed by atoms with Crippen LogP contribution in [0.2, 0.25) is 0 Å². The second kappa shape index (κ2) is 5.85. The Kier molecular flexibility index (Phi) is 3.95. The molecule has 0 heterocycles. The molecular formula is C15H14N2O. The van der Waals surface area contributed by atoms with Crippen molar-refractivity contribution in [3.63, 3.8) is 0 Å². The Morgan fingerprint density at radius 3 is 2.61 bits per heavy atom. The maximum Gasteiger partial charge on any atom is 0.0992 e. The summed E-state index contributed by atoms with van der Waals surface area (Å²) in [5.41, 5.74) is 2.32. The van der Waals surface area contributed by atoms with E-state index in [4.69, 9.17) is 5.26 Å². The Morgan fingerprint density at radius 1 is 1.11 bits per heavy atom. The highest BCUT2D eigenvalue weighted by atomic mass is 16.3. The number of aliphatic hydroxyl groups is 1. The standard InChI is InChI=1S/C15H14N2O/c16-10-12-5-4-8-14(9-12)17-11-15(18)13-6-2-1-3-7-13/h1-9,15,17-18H,11H2. The van der Waals surface area contributed by atoms with Crippen LogP contribution in [0.15, 0.2) is 54.6 Å². The molecule has 0 radical (unpaired) electrons. The van der Waals surface area contributed by atoms with Gasteiger partial charge in [-0.25, -0.2) is 0 Å². The van der Waals surface area contributed by atoms with Gasteiger partial charge in [0.15, 0.2) is 0 Å². The molecule has 0 aliphatic heterocycles. The summed E-state index contributed by atoms with van der Waals surface area (Å²) in [7, 11) is 0. The molecule has 0 aliphatic carbocycles. The van der Waals surface area contributed by atoms with Crippen molar-refractivity contribution in [3.05, 3.63) is 65.7 Å². The molecule has 0 amide bonds. The van der Waals surface area contributed by atoms with Gasteiger partial charge in [0, 0.05) is 12.2 Å². The number of nitrogens with one attached hydrogen (secondary N) is 1. The predicted octanol–water partition coefficient (Wildman–Crippen LogP) is 2.70. The third-order valence-electron chi connectivity index (χ3n) is 2.68. The largest absolute Gasteiger partial charge is 0.387 e. The van der Waals surface area contributed by atoms with E-state index in [1.54, 1.807) is 12.1 Å². The summed E-state index contributed by atoms with van der Waals surface area (Å²) in [6.45, 7) is 0.416. The third-order valence-corrected chi connectivity index (χ3v) is 2.68. The molecule has 18 heavy (non-hydrogen) atoms. The number of hydrogen-bond acceptors (Lipinski definition) is 3. The summed E-state index contributed by atoms with van der Waals surface area (Å²) in [4.78, 5) is 0. The molecule has 1 atom stereocenters. The van der Waals surface area contributed by atoms with Crippen LogP contribution < -0.4 is 5.32 Å². The van der Waals surface area contributed by atoms with Crippen LogP contribution in [-0.2, 0) is 0 Å². The highest BCUT2D eigenvalue weighted by molar-refractivity contribution is 5.49. The highest BCUT2D eigenvalue weighted by Crippen LogP contribution is 2.15. The molecule has 0 spiro atoms. The number of benzene rings is 2. The van der Waals surface area contributed by atoms with Gasteiger partial charge in [-0.15, -0.1) is 0 Å². The second-order valence-electron chi connectivity index (χ2n) is 4.00. The number of nitrogens with zero attached hydrogens (tertiary/aromatic N) is 1. The minimum atomic E-state index is -0.558. The summed E-state index contributed by atoms with van der Waals surface area (Å²) >= 11 is 0. The van der Waals surface area contributed by atoms with Crippen LogP contribution in [-0.4, -0.2) is 11.7 Å². The fourth-order valence-electron chi connectivity index (χ4n) is 1.71. The Bertz CT molecular complexity index is 546. The molecule has 2 aromatic rings. The lowest BCUT2D eigenvalue weighted by molar-refractivity contribution is 0.191. The van der Waals surface area contributed by atoms with E-state index in [0.29, 0.717) is 12.1 Å². The lowest BCUT2D eigenvalue weighted by atomic mass is 10.1. The first-order valence-corrected chi connectivity index (χ1v) is 5.76. The molecule has 0 aliphatic rings. The predicted molar refractivity (Wildman–Crippen MR) is 71.0 cm³/mol. The van der Waals surface area contributed by atoms with E-state index in [-0.39, 0.29) is 0 Å². The Balaban J connectivity index is 1.97. The first kappa shape index (κ1) is 12.2. The molecule has 2 N–H and O–H groups in total. The van der Waals surface area contributed by atoms with E-state index >= 15 is 0 Å². The van der Waals surface area contributed by atoms with Gasteiger partial charge in [-0.2, -0.15) is 5.26 Å². The van der Waals surface area contributed by atoms with E-state index in [1.807, 2.05) is 42.5 Å². The Labute approximate surface area is 106 Å². The van der Waals surface area contributed by atoms with Gasteiger partial charge in [0.25, 0.3) is 0 Å². The molecule has 0 saturated carbocycles. The summed E-state index contributed by atoms with van der Waals surface area (Å²) < 4.78 is 0. The number of rotatable bonds is 4. The molecule has 2 aromatic carbocycles. The first-order chi connectivity index (χ1) is 8.79. The smallest absolute Gasteiger partial charge is 0.0992 e. The molecule has 0 aromatic heterocycles. The summed E-state index contributed by atoms with van der Waals surface area (Å²) in [5.74, 6) is 0. The minimum Gasteiger partial charge on any atom is -0.387 e. The first-order valence-electron chi connectivity index (χ1n) is 5.76. The highest BCUT2D eigenvalue weighted by Gasteiger charge is 2.06. The average molecular weight is 238 g/mol. The van der Waals surface area contributed by atoms with Crippen LogP contribution in [0, 0.1) is 11.3 Å². The summed E-state index contributed by atoms with van der Waals surface area (Å²) in [6, 6.07) is 18.8. The van der Waals surface area contributed by atoms with Crippen molar-refractivity contribution < 1.29 is 5.11 Å². The average Bonchev–Trinajstić information content (AvgIpc) is 2.46. The molecule has 0 bridgehead atoms. The van der Waals surface area contributed by atoms with Crippen molar-refractivity contribution in [2.45, 2.75) is 6.10 Å². The SMILES string of the molecule is N#Cc1cccc(NCC(O)c2ccccc2)c1. The number of aliphatic hydroxyl groups excluding tert-OH is 1. The quantitative estimate of drug-likeness (QED) is 0.861. The fraction of sp³-hybridized carbons (Fsp3) is 0.133. The summed E-state index contributed by atoms with van der Waals surface area (Å²) in [5, 5.41) is 21.9. The second-order valence-corrected chi connectivity index (χ2v) is 4.00. The van der Waals surface area contributed by atoms with Crippen molar-refractivity contribution in [2.24, 2.45) is 0 Å². The van der Waals surface area contributed by atoms with Crippen LogP contribution >= 0.6 is 0 Å². The van der Waals surface area contributed by atoms with E-state index < -0.39 is 6.10 Å². The van der Waals surface area contributed by atoms with E-state index in [2.05, 4.69) is 11.4 Å². The molecule has 0 fully saturated rings. The molecule has 0 saturated heterocycles. The Morgan fingerprint density at radius 2 is 1.89 bits per heavy atom. The molecule has 3 nitrogen and oxygen atoms in total. The van der Waals surface area contributed by atoms with Crippen LogP contribution in [0.5, 0.6) is 0 Å². The van der Waals surface area contributed by atoms with Gasteiger partial charge in [-0.05, 0) is 23.8 Å². The zero-order chi connectivity index (χ0) is 12.8. The maximum atomic E-state index is 9.98. The zero-order valence-corrected chi connectivity index (χ0v) is 9.88. The van der Waals surface area contributed by atoms with Gasteiger partial charge in [-0.1, -0.05) is 36.4 Å². The monoisotopic (exact) mass is 238 g/mol. The van der Waals surface area contributed by atoms with Crippen LogP contribution in [0.4, 0.5) is 5.69 Å². The third kappa shape index (κ3) is 3.09. The molecule has 90 valence electrons. The number of hydrogen-bond donors (Lipinski definition) is 2. The van der Waals surface area contributed by atoms with Gasteiger partial charge in [0.2, 0.25) is 0 Å².